The molecule has 86 valence electrons. The van der Waals surface area contributed by atoms with Crippen LogP contribution in [0.2, 0.25) is 0 Å². The lowest BCUT2D eigenvalue weighted by molar-refractivity contribution is 0.485. The summed E-state index contributed by atoms with van der Waals surface area (Å²) in [6.07, 6.45) is 8.98. The summed E-state index contributed by atoms with van der Waals surface area (Å²) in [5, 5.41) is 7.07. The molecule has 15 heavy (non-hydrogen) atoms. The standard InChI is InChI=1S/C13H24N2/c1-3-6-12(4-2)11-15-13-7-5-9-14-10-8-13/h3,6,13-15H,1,4-5,7-11H2,2H3/b12-6+. The van der Waals surface area contributed by atoms with Gasteiger partial charge < -0.3 is 10.6 Å². The molecule has 1 rings (SSSR count). The van der Waals surface area contributed by atoms with Crippen LogP contribution in [0.5, 0.6) is 0 Å². The summed E-state index contributed by atoms with van der Waals surface area (Å²) >= 11 is 0. The zero-order chi connectivity index (χ0) is 10.9. The Morgan fingerprint density at radius 2 is 2.33 bits per heavy atom. The van der Waals surface area contributed by atoms with E-state index in [1.54, 1.807) is 0 Å². The third-order valence-electron chi connectivity index (χ3n) is 3.00. The SMILES string of the molecule is C=C/C=C(\CC)CNC1CCCNCC1. The van der Waals surface area contributed by atoms with Gasteiger partial charge in [-0.05, 0) is 38.8 Å². The van der Waals surface area contributed by atoms with Crippen LogP contribution in [0.4, 0.5) is 0 Å². The molecule has 0 radical (unpaired) electrons. The van der Waals surface area contributed by atoms with Crippen molar-refractivity contribution in [2.75, 3.05) is 19.6 Å². The third-order valence-corrected chi connectivity index (χ3v) is 3.00. The van der Waals surface area contributed by atoms with Crippen molar-refractivity contribution in [3.05, 3.63) is 24.3 Å². The summed E-state index contributed by atoms with van der Waals surface area (Å²) in [6.45, 7) is 9.30. The van der Waals surface area contributed by atoms with Crippen LogP contribution >= 0.6 is 0 Å². The molecule has 1 aliphatic heterocycles. The molecule has 1 saturated heterocycles. The summed E-state index contributed by atoms with van der Waals surface area (Å²) in [5.41, 5.74) is 1.45. The van der Waals surface area contributed by atoms with E-state index in [0.717, 1.165) is 19.5 Å². The predicted octanol–water partition coefficient (Wildman–Crippen LogP) is 2.24. The van der Waals surface area contributed by atoms with Gasteiger partial charge in [0.15, 0.2) is 0 Å². The molecule has 2 heteroatoms. The van der Waals surface area contributed by atoms with Crippen LogP contribution in [0.25, 0.3) is 0 Å². The van der Waals surface area contributed by atoms with Gasteiger partial charge in [-0.3, -0.25) is 0 Å². The minimum atomic E-state index is 0.694. The average molecular weight is 208 g/mol. The summed E-state index contributed by atoms with van der Waals surface area (Å²) < 4.78 is 0. The van der Waals surface area contributed by atoms with E-state index in [0.29, 0.717) is 6.04 Å². The van der Waals surface area contributed by atoms with Crippen molar-refractivity contribution in [2.45, 2.75) is 38.6 Å². The van der Waals surface area contributed by atoms with Crippen molar-refractivity contribution in [1.82, 2.24) is 10.6 Å². The van der Waals surface area contributed by atoms with E-state index in [1.807, 2.05) is 6.08 Å². The molecule has 1 heterocycles. The average Bonchev–Trinajstić information content (AvgIpc) is 2.52. The van der Waals surface area contributed by atoms with Gasteiger partial charge in [-0.25, -0.2) is 0 Å². The molecule has 0 spiro atoms. The topological polar surface area (TPSA) is 24.1 Å². The minimum absolute atomic E-state index is 0.694. The van der Waals surface area contributed by atoms with Gasteiger partial charge >= 0.3 is 0 Å². The number of rotatable bonds is 5. The number of hydrogen-bond donors (Lipinski definition) is 2. The highest BCUT2D eigenvalue weighted by Gasteiger charge is 2.10. The summed E-state index contributed by atoms with van der Waals surface area (Å²) in [6, 6.07) is 0.694. The molecule has 1 aliphatic rings. The Hall–Kier alpha value is -0.600. The molecular formula is C13H24N2. The highest BCUT2D eigenvalue weighted by Crippen LogP contribution is 2.06. The van der Waals surface area contributed by atoms with E-state index < -0.39 is 0 Å². The Morgan fingerprint density at radius 3 is 3.07 bits per heavy atom. The Bertz CT molecular complexity index is 201. The molecule has 1 atom stereocenters. The number of hydrogen-bond acceptors (Lipinski definition) is 2. The van der Waals surface area contributed by atoms with Gasteiger partial charge in [0.05, 0.1) is 0 Å². The molecular weight excluding hydrogens is 184 g/mol. The zero-order valence-electron chi connectivity index (χ0n) is 9.89. The molecule has 0 aromatic rings. The van der Waals surface area contributed by atoms with Crippen LogP contribution in [-0.4, -0.2) is 25.7 Å². The fraction of sp³-hybridized carbons (Fsp3) is 0.692. The van der Waals surface area contributed by atoms with Gasteiger partial charge in [-0.1, -0.05) is 31.2 Å². The van der Waals surface area contributed by atoms with Gasteiger partial charge in [-0.15, -0.1) is 0 Å². The molecule has 0 saturated carbocycles. The first-order valence-electron chi connectivity index (χ1n) is 6.11. The fourth-order valence-electron chi connectivity index (χ4n) is 1.97. The molecule has 0 aromatic heterocycles. The Balaban J connectivity index is 2.27. The fourth-order valence-corrected chi connectivity index (χ4v) is 1.97. The smallest absolute Gasteiger partial charge is 0.0170 e. The van der Waals surface area contributed by atoms with E-state index in [2.05, 4.69) is 30.2 Å². The van der Waals surface area contributed by atoms with Gasteiger partial charge in [0.2, 0.25) is 0 Å². The van der Waals surface area contributed by atoms with Crippen molar-refractivity contribution in [3.8, 4) is 0 Å². The van der Waals surface area contributed by atoms with Crippen LogP contribution in [0.3, 0.4) is 0 Å². The van der Waals surface area contributed by atoms with Crippen LogP contribution < -0.4 is 10.6 Å². The van der Waals surface area contributed by atoms with Crippen LogP contribution in [-0.2, 0) is 0 Å². The number of nitrogens with one attached hydrogen (secondary N) is 2. The molecule has 0 bridgehead atoms. The maximum atomic E-state index is 3.74. The largest absolute Gasteiger partial charge is 0.317 e. The zero-order valence-corrected chi connectivity index (χ0v) is 9.89. The first-order chi connectivity index (χ1) is 7.36. The van der Waals surface area contributed by atoms with E-state index in [9.17, 15) is 0 Å². The monoisotopic (exact) mass is 208 g/mol. The normalized spacial score (nSPS) is 23.5. The maximum Gasteiger partial charge on any atom is 0.0170 e. The predicted molar refractivity (Wildman–Crippen MR) is 67.1 cm³/mol. The van der Waals surface area contributed by atoms with Crippen LogP contribution in [0.1, 0.15) is 32.6 Å². The first kappa shape index (κ1) is 12.5. The molecule has 2 N–H and O–H groups in total. The second kappa shape index (κ2) is 7.66. The second-order valence-electron chi connectivity index (χ2n) is 4.17. The van der Waals surface area contributed by atoms with Crippen LogP contribution in [0.15, 0.2) is 24.3 Å². The van der Waals surface area contributed by atoms with Crippen molar-refractivity contribution < 1.29 is 0 Å². The summed E-state index contributed by atoms with van der Waals surface area (Å²) in [4.78, 5) is 0. The molecule has 0 aliphatic carbocycles. The summed E-state index contributed by atoms with van der Waals surface area (Å²) in [5.74, 6) is 0. The third kappa shape index (κ3) is 5.14. The molecule has 1 unspecified atom stereocenters. The maximum absolute atomic E-state index is 3.74. The van der Waals surface area contributed by atoms with Crippen molar-refractivity contribution in [3.63, 3.8) is 0 Å². The van der Waals surface area contributed by atoms with Gasteiger partial charge in [0.1, 0.15) is 0 Å². The van der Waals surface area contributed by atoms with E-state index >= 15 is 0 Å². The lowest BCUT2D eigenvalue weighted by Crippen LogP contribution is -2.31. The first-order valence-corrected chi connectivity index (χ1v) is 6.11. The van der Waals surface area contributed by atoms with Gasteiger partial charge in [-0.2, -0.15) is 0 Å². The molecule has 2 nitrogen and oxygen atoms in total. The Morgan fingerprint density at radius 1 is 1.47 bits per heavy atom. The number of allylic oxidation sites excluding steroid dienone is 2. The lowest BCUT2D eigenvalue weighted by Gasteiger charge is -2.16. The lowest BCUT2D eigenvalue weighted by atomic mass is 10.1. The summed E-state index contributed by atoms with van der Waals surface area (Å²) in [7, 11) is 0. The van der Waals surface area contributed by atoms with Crippen molar-refractivity contribution >= 4 is 0 Å². The van der Waals surface area contributed by atoms with E-state index in [4.69, 9.17) is 0 Å². The highest BCUT2D eigenvalue weighted by atomic mass is 14.9. The quantitative estimate of drug-likeness (QED) is 0.677. The highest BCUT2D eigenvalue weighted by molar-refractivity contribution is 5.11. The molecule has 0 amide bonds. The van der Waals surface area contributed by atoms with Crippen molar-refractivity contribution in [2.24, 2.45) is 0 Å². The van der Waals surface area contributed by atoms with E-state index in [-0.39, 0.29) is 0 Å². The van der Waals surface area contributed by atoms with Crippen molar-refractivity contribution in [1.29, 1.82) is 0 Å². The molecule has 1 fully saturated rings. The Labute approximate surface area is 93.8 Å². The molecule has 0 aromatic carbocycles. The minimum Gasteiger partial charge on any atom is -0.317 e. The Kier molecular flexibility index (Phi) is 6.37. The van der Waals surface area contributed by atoms with Crippen LogP contribution in [0, 0.1) is 0 Å². The van der Waals surface area contributed by atoms with E-state index in [1.165, 1.54) is 31.4 Å². The van der Waals surface area contributed by atoms with Gasteiger partial charge in [0, 0.05) is 12.6 Å². The second-order valence-corrected chi connectivity index (χ2v) is 4.17. The van der Waals surface area contributed by atoms with Gasteiger partial charge in [0.25, 0.3) is 0 Å².